The van der Waals surface area contributed by atoms with E-state index in [1.165, 1.54) is 17.3 Å². The van der Waals surface area contributed by atoms with Gasteiger partial charge in [-0.05, 0) is 38.5 Å². The molecule has 80 valence electrons. The number of nitriles is 1. The van der Waals surface area contributed by atoms with Gasteiger partial charge >= 0.3 is 0 Å². The molecular formula is C12H15NOS. The summed E-state index contributed by atoms with van der Waals surface area (Å²) in [5.41, 5.74) is 1.17. The number of methoxy groups -OCH3 is 1. The highest BCUT2D eigenvalue weighted by Gasteiger charge is 2.20. The van der Waals surface area contributed by atoms with Crippen molar-refractivity contribution in [3.05, 3.63) is 23.8 Å². The van der Waals surface area contributed by atoms with Crippen molar-refractivity contribution in [2.75, 3.05) is 7.11 Å². The Morgan fingerprint density at radius 2 is 2.07 bits per heavy atom. The van der Waals surface area contributed by atoms with Crippen molar-refractivity contribution in [3.63, 3.8) is 0 Å². The molecule has 2 nitrogen and oxygen atoms in total. The van der Waals surface area contributed by atoms with Crippen molar-refractivity contribution in [2.45, 2.75) is 30.4 Å². The molecule has 0 N–H and O–H groups in total. The molecule has 0 bridgehead atoms. The number of nitrogens with zero attached hydrogens (tertiary/aromatic N) is 1. The summed E-state index contributed by atoms with van der Waals surface area (Å²) in [7, 11) is 1.65. The minimum absolute atomic E-state index is 0.429. The number of benzene rings is 1. The minimum Gasteiger partial charge on any atom is -0.496 e. The largest absolute Gasteiger partial charge is 0.496 e. The molecular weight excluding hydrogens is 206 g/mol. The first-order valence-corrected chi connectivity index (χ1v) is 5.55. The van der Waals surface area contributed by atoms with Crippen LogP contribution in [0.4, 0.5) is 0 Å². The summed E-state index contributed by atoms with van der Waals surface area (Å²) in [4.78, 5) is 1.02. The average Bonchev–Trinajstić information content (AvgIpc) is 2.18. The van der Waals surface area contributed by atoms with E-state index in [2.05, 4.69) is 6.07 Å². The highest BCUT2D eigenvalue weighted by molar-refractivity contribution is 8.01. The second-order valence-corrected chi connectivity index (χ2v) is 5.54. The normalized spacial score (nSPS) is 10.9. The summed E-state index contributed by atoms with van der Waals surface area (Å²) in [6.07, 6.45) is 0. The first-order valence-electron chi connectivity index (χ1n) is 4.73. The molecule has 1 rings (SSSR count). The van der Waals surface area contributed by atoms with Gasteiger partial charge in [-0.25, -0.2) is 0 Å². The number of aryl methyl sites for hydroxylation is 1. The van der Waals surface area contributed by atoms with Crippen molar-refractivity contribution in [2.24, 2.45) is 0 Å². The van der Waals surface area contributed by atoms with Crippen LogP contribution in [0.25, 0.3) is 0 Å². The highest BCUT2D eigenvalue weighted by Crippen LogP contribution is 2.38. The average molecular weight is 221 g/mol. The van der Waals surface area contributed by atoms with E-state index in [-0.39, 0.29) is 0 Å². The van der Waals surface area contributed by atoms with E-state index in [0.29, 0.717) is 0 Å². The Labute approximate surface area is 95.3 Å². The van der Waals surface area contributed by atoms with Gasteiger partial charge in [0.2, 0.25) is 0 Å². The smallest absolute Gasteiger partial charge is 0.132 e. The fraction of sp³-hybridized carbons (Fsp3) is 0.417. The zero-order chi connectivity index (χ0) is 11.5. The molecule has 0 heterocycles. The van der Waals surface area contributed by atoms with E-state index < -0.39 is 4.75 Å². The van der Waals surface area contributed by atoms with Crippen molar-refractivity contribution >= 4 is 11.8 Å². The van der Waals surface area contributed by atoms with Gasteiger partial charge < -0.3 is 4.74 Å². The standard InChI is InChI=1S/C12H15NOS/c1-9-5-6-10(14-4)11(7-9)15-12(2,3)8-13/h5-7H,1-4H3. The predicted molar refractivity (Wildman–Crippen MR) is 63.3 cm³/mol. The van der Waals surface area contributed by atoms with Gasteiger partial charge in [-0.15, -0.1) is 11.8 Å². The van der Waals surface area contributed by atoms with E-state index in [1.54, 1.807) is 7.11 Å². The molecule has 0 spiro atoms. The van der Waals surface area contributed by atoms with Gasteiger partial charge in [0.05, 0.1) is 18.1 Å². The van der Waals surface area contributed by atoms with E-state index in [9.17, 15) is 0 Å². The van der Waals surface area contributed by atoms with Crippen molar-refractivity contribution < 1.29 is 4.74 Å². The molecule has 0 aliphatic rings. The Hall–Kier alpha value is -1.14. The fourth-order valence-electron chi connectivity index (χ4n) is 1.16. The predicted octanol–water partition coefficient (Wildman–Crippen LogP) is 3.40. The first kappa shape index (κ1) is 11.9. The fourth-order valence-corrected chi connectivity index (χ4v) is 2.25. The van der Waals surface area contributed by atoms with E-state index >= 15 is 0 Å². The molecule has 0 saturated carbocycles. The second-order valence-electron chi connectivity index (χ2n) is 3.88. The summed E-state index contributed by atoms with van der Waals surface area (Å²) in [5.74, 6) is 0.828. The lowest BCUT2D eigenvalue weighted by Crippen LogP contribution is -2.10. The molecule has 0 aliphatic carbocycles. The molecule has 0 atom stereocenters. The van der Waals surface area contributed by atoms with Crippen molar-refractivity contribution in [1.29, 1.82) is 5.26 Å². The van der Waals surface area contributed by atoms with Crippen LogP contribution in [0.5, 0.6) is 5.75 Å². The zero-order valence-corrected chi connectivity index (χ0v) is 10.3. The number of hydrogen-bond donors (Lipinski definition) is 0. The van der Waals surface area contributed by atoms with E-state index in [1.807, 2.05) is 39.0 Å². The monoisotopic (exact) mass is 221 g/mol. The Morgan fingerprint density at radius 1 is 1.40 bits per heavy atom. The maximum Gasteiger partial charge on any atom is 0.132 e. The molecule has 0 unspecified atom stereocenters. The lowest BCUT2D eigenvalue weighted by molar-refractivity contribution is 0.404. The van der Waals surface area contributed by atoms with Gasteiger partial charge in [0.1, 0.15) is 10.5 Å². The third-order valence-electron chi connectivity index (χ3n) is 1.95. The number of thioether (sulfide) groups is 1. The molecule has 3 heteroatoms. The molecule has 15 heavy (non-hydrogen) atoms. The summed E-state index contributed by atoms with van der Waals surface area (Å²) < 4.78 is 4.83. The van der Waals surface area contributed by atoms with Gasteiger partial charge in [-0.1, -0.05) is 6.07 Å². The van der Waals surface area contributed by atoms with Crippen LogP contribution in [-0.4, -0.2) is 11.9 Å². The minimum atomic E-state index is -0.429. The van der Waals surface area contributed by atoms with E-state index in [4.69, 9.17) is 10.00 Å². The molecule has 1 aromatic carbocycles. The van der Waals surface area contributed by atoms with Crippen LogP contribution in [-0.2, 0) is 0 Å². The van der Waals surface area contributed by atoms with Gasteiger partial charge in [-0.2, -0.15) is 5.26 Å². The third-order valence-corrected chi connectivity index (χ3v) is 3.09. The van der Waals surface area contributed by atoms with Crippen molar-refractivity contribution in [3.8, 4) is 11.8 Å². The Kier molecular flexibility index (Phi) is 3.65. The Morgan fingerprint density at radius 3 is 2.60 bits per heavy atom. The lowest BCUT2D eigenvalue weighted by Gasteiger charge is -2.17. The van der Waals surface area contributed by atoms with Crippen LogP contribution >= 0.6 is 11.8 Å². The number of rotatable bonds is 3. The van der Waals surface area contributed by atoms with Gasteiger partial charge in [0, 0.05) is 0 Å². The quantitative estimate of drug-likeness (QED) is 0.733. The SMILES string of the molecule is COc1ccc(C)cc1SC(C)(C)C#N. The second kappa shape index (κ2) is 4.59. The summed E-state index contributed by atoms with van der Waals surface area (Å²) in [6, 6.07) is 8.25. The van der Waals surface area contributed by atoms with Crippen LogP contribution < -0.4 is 4.74 Å². The molecule has 1 aromatic rings. The topological polar surface area (TPSA) is 33.0 Å². The zero-order valence-electron chi connectivity index (χ0n) is 9.50. The van der Waals surface area contributed by atoms with Crippen LogP contribution in [0.15, 0.2) is 23.1 Å². The molecule has 0 aliphatic heterocycles. The maximum absolute atomic E-state index is 8.98. The van der Waals surface area contributed by atoms with Gasteiger partial charge in [-0.3, -0.25) is 0 Å². The summed E-state index contributed by atoms with van der Waals surface area (Å²) >= 11 is 1.53. The third kappa shape index (κ3) is 3.17. The van der Waals surface area contributed by atoms with E-state index in [0.717, 1.165) is 10.6 Å². The van der Waals surface area contributed by atoms with Crippen LogP contribution in [0.1, 0.15) is 19.4 Å². The van der Waals surface area contributed by atoms with Crippen LogP contribution in [0.3, 0.4) is 0 Å². The maximum atomic E-state index is 8.98. The Bertz CT molecular complexity index is 393. The number of hydrogen-bond acceptors (Lipinski definition) is 3. The van der Waals surface area contributed by atoms with Crippen LogP contribution in [0, 0.1) is 18.3 Å². The molecule has 0 amide bonds. The molecule has 0 radical (unpaired) electrons. The lowest BCUT2D eigenvalue weighted by atomic mass is 10.2. The molecule has 0 saturated heterocycles. The summed E-state index contributed by atoms with van der Waals surface area (Å²) in [6.45, 7) is 5.84. The number of ether oxygens (including phenoxy) is 1. The highest BCUT2D eigenvalue weighted by atomic mass is 32.2. The van der Waals surface area contributed by atoms with Gasteiger partial charge in [0.15, 0.2) is 0 Å². The Balaban J connectivity index is 3.03. The van der Waals surface area contributed by atoms with Crippen LogP contribution in [0.2, 0.25) is 0 Å². The molecule has 0 aromatic heterocycles. The van der Waals surface area contributed by atoms with Gasteiger partial charge in [0.25, 0.3) is 0 Å². The summed E-state index contributed by atoms with van der Waals surface area (Å²) in [5, 5.41) is 8.98. The first-order chi connectivity index (χ1) is 6.98. The molecule has 0 fully saturated rings. The van der Waals surface area contributed by atoms with Crippen molar-refractivity contribution in [1.82, 2.24) is 0 Å².